The third-order valence-electron chi connectivity index (χ3n) is 4.62. The van der Waals surface area contributed by atoms with E-state index in [0.717, 1.165) is 32.8 Å². The molecule has 2 rings (SSSR count). The van der Waals surface area contributed by atoms with Crippen LogP contribution in [0.3, 0.4) is 0 Å². The zero-order valence-electron chi connectivity index (χ0n) is 19.0. The molecular weight excluding hydrogens is 493 g/mol. The van der Waals surface area contributed by atoms with Crippen molar-refractivity contribution >= 4 is 35.8 Å². The second-order valence-corrected chi connectivity index (χ2v) is 8.45. The molecule has 1 aliphatic heterocycles. The number of nitrogens with one attached hydrogen (secondary N) is 3. The molecular formula is C22H38IN5O2. The lowest BCUT2D eigenvalue weighted by Gasteiger charge is -2.35. The second kappa shape index (κ2) is 13.1. The number of guanidine groups is 1. The summed E-state index contributed by atoms with van der Waals surface area (Å²) in [6.45, 7) is 14.9. The van der Waals surface area contributed by atoms with Crippen molar-refractivity contribution in [3.63, 3.8) is 0 Å². The van der Waals surface area contributed by atoms with Gasteiger partial charge in [0.15, 0.2) is 5.96 Å². The average Bonchev–Trinajstić information content (AvgIpc) is 2.66. The van der Waals surface area contributed by atoms with Crippen LogP contribution in [0.4, 0.5) is 0 Å². The number of aryl methyl sites for hydroxylation is 1. The van der Waals surface area contributed by atoms with Gasteiger partial charge in [-0.3, -0.25) is 9.69 Å². The third kappa shape index (κ3) is 9.61. The maximum Gasteiger partial charge on any atom is 0.242 e. The molecule has 3 N–H and O–H groups in total. The quantitative estimate of drug-likeness (QED) is 0.286. The average molecular weight is 531 g/mol. The first-order valence-electron chi connectivity index (χ1n) is 10.5. The summed E-state index contributed by atoms with van der Waals surface area (Å²) in [6.07, 6.45) is 0. The van der Waals surface area contributed by atoms with Crippen molar-refractivity contribution in [1.29, 1.82) is 0 Å². The summed E-state index contributed by atoms with van der Waals surface area (Å²) in [6, 6.07) is 8.85. The van der Waals surface area contributed by atoms with E-state index in [9.17, 15) is 4.79 Å². The Bertz CT molecular complexity index is 684. The SMILES string of the molecule is CCNC(=NCC(=O)NC(C)(C)C)NCC(c1cccc(C)c1)N1CCOCC1.I. The van der Waals surface area contributed by atoms with Gasteiger partial charge in [0.1, 0.15) is 6.54 Å². The zero-order chi connectivity index (χ0) is 21.3. The van der Waals surface area contributed by atoms with E-state index >= 15 is 0 Å². The van der Waals surface area contributed by atoms with Crippen LogP contribution < -0.4 is 16.0 Å². The number of halogens is 1. The molecule has 1 unspecified atom stereocenters. The molecule has 0 radical (unpaired) electrons. The normalized spacial score (nSPS) is 16.4. The maximum atomic E-state index is 12.1. The number of rotatable bonds is 7. The maximum absolute atomic E-state index is 12.1. The van der Waals surface area contributed by atoms with Gasteiger partial charge < -0.3 is 20.7 Å². The fourth-order valence-corrected chi connectivity index (χ4v) is 3.37. The molecule has 1 saturated heterocycles. The Kier molecular flexibility index (Phi) is 11.6. The lowest BCUT2D eigenvalue weighted by Crippen LogP contribution is -2.47. The Morgan fingerprint density at radius 2 is 1.93 bits per heavy atom. The van der Waals surface area contributed by atoms with Gasteiger partial charge in [-0.2, -0.15) is 0 Å². The highest BCUT2D eigenvalue weighted by molar-refractivity contribution is 14.0. The molecule has 1 heterocycles. The van der Waals surface area contributed by atoms with Crippen LogP contribution in [-0.2, 0) is 9.53 Å². The molecule has 0 bridgehead atoms. The number of aliphatic imine (C=N–C) groups is 1. The molecule has 0 aliphatic carbocycles. The number of hydrogen-bond acceptors (Lipinski definition) is 4. The fraction of sp³-hybridized carbons (Fsp3) is 0.636. The Balaban J connectivity index is 0.00000450. The minimum Gasteiger partial charge on any atom is -0.379 e. The van der Waals surface area contributed by atoms with Crippen molar-refractivity contribution < 1.29 is 9.53 Å². The minimum atomic E-state index is -0.259. The number of ether oxygens (including phenoxy) is 1. The van der Waals surface area contributed by atoms with Crippen molar-refractivity contribution in [3.8, 4) is 0 Å². The smallest absolute Gasteiger partial charge is 0.242 e. The minimum absolute atomic E-state index is 0. The molecule has 7 nitrogen and oxygen atoms in total. The zero-order valence-corrected chi connectivity index (χ0v) is 21.3. The second-order valence-electron chi connectivity index (χ2n) is 8.45. The summed E-state index contributed by atoms with van der Waals surface area (Å²) >= 11 is 0. The Morgan fingerprint density at radius 3 is 2.53 bits per heavy atom. The van der Waals surface area contributed by atoms with Crippen LogP contribution in [0.1, 0.15) is 44.9 Å². The van der Waals surface area contributed by atoms with Crippen LogP contribution in [0.2, 0.25) is 0 Å². The summed E-state index contributed by atoms with van der Waals surface area (Å²) in [5, 5.41) is 9.61. The van der Waals surface area contributed by atoms with E-state index in [2.05, 4.69) is 57.0 Å². The number of hydrogen-bond donors (Lipinski definition) is 3. The molecule has 0 saturated carbocycles. The predicted molar refractivity (Wildman–Crippen MR) is 134 cm³/mol. The van der Waals surface area contributed by atoms with Crippen molar-refractivity contribution in [2.45, 2.75) is 46.2 Å². The lowest BCUT2D eigenvalue weighted by molar-refractivity contribution is -0.121. The summed E-state index contributed by atoms with van der Waals surface area (Å²) in [7, 11) is 0. The van der Waals surface area contributed by atoms with Crippen LogP contribution in [0, 0.1) is 6.92 Å². The summed E-state index contributed by atoms with van der Waals surface area (Å²) < 4.78 is 5.54. The van der Waals surface area contributed by atoms with Crippen molar-refractivity contribution in [2.24, 2.45) is 4.99 Å². The third-order valence-corrected chi connectivity index (χ3v) is 4.62. The highest BCUT2D eigenvalue weighted by Gasteiger charge is 2.23. The highest BCUT2D eigenvalue weighted by Crippen LogP contribution is 2.22. The van der Waals surface area contributed by atoms with E-state index in [1.807, 2.05) is 27.7 Å². The van der Waals surface area contributed by atoms with E-state index in [-0.39, 0.29) is 48.0 Å². The molecule has 30 heavy (non-hydrogen) atoms. The monoisotopic (exact) mass is 531 g/mol. The summed E-state index contributed by atoms with van der Waals surface area (Å²) in [5.41, 5.74) is 2.27. The molecule has 170 valence electrons. The highest BCUT2D eigenvalue weighted by atomic mass is 127. The molecule has 1 aromatic rings. The van der Waals surface area contributed by atoms with E-state index < -0.39 is 0 Å². The topological polar surface area (TPSA) is 78.0 Å². The number of morpholine rings is 1. The molecule has 0 aromatic heterocycles. The van der Waals surface area contributed by atoms with Gasteiger partial charge in [0.25, 0.3) is 0 Å². The van der Waals surface area contributed by atoms with Gasteiger partial charge in [-0.25, -0.2) is 4.99 Å². The van der Waals surface area contributed by atoms with Crippen molar-refractivity contribution in [3.05, 3.63) is 35.4 Å². The van der Waals surface area contributed by atoms with Gasteiger partial charge in [0, 0.05) is 31.7 Å². The van der Waals surface area contributed by atoms with Crippen molar-refractivity contribution in [1.82, 2.24) is 20.9 Å². The number of carbonyl (C=O) groups is 1. The van der Waals surface area contributed by atoms with Crippen molar-refractivity contribution in [2.75, 3.05) is 45.9 Å². The largest absolute Gasteiger partial charge is 0.379 e. The summed E-state index contributed by atoms with van der Waals surface area (Å²) in [4.78, 5) is 19.0. The van der Waals surface area contributed by atoms with Gasteiger partial charge in [-0.15, -0.1) is 24.0 Å². The van der Waals surface area contributed by atoms with Gasteiger partial charge in [-0.05, 0) is 40.2 Å². The van der Waals surface area contributed by atoms with Gasteiger partial charge >= 0.3 is 0 Å². The van der Waals surface area contributed by atoms with E-state index in [1.165, 1.54) is 11.1 Å². The molecule has 1 fully saturated rings. The van der Waals surface area contributed by atoms with Crippen LogP contribution in [0.5, 0.6) is 0 Å². The van der Waals surface area contributed by atoms with Crippen LogP contribution in [0.15, 0.2) is 29.3 Å². The van der Waals surface area contributed by atoms with Gasteiger partial charge in [-0.1, -0.05) is 29.8 Å². The van der Waals surface area contributed by atoms with Gasteiger partial charge in [0.2, 0.25) is 5.91 Å². The Hall–Kier alpha value is -1.39. The van der Waals surface area contributed by atoms with Crippen LogP contribution in [0.25, 0.3) is 0 Å². The first-order valence-corrected chi connectivity index (χ1v) is 10.5. The molecule has 1 atom stereocenters. The molecule has 1 amide bonds. The first-order chi connectivity index (χ1) is 13.8. The molecule has 8 heteroatoms. The van der Waals surface area contributed by atoms with E-state index in [0.29, 0.717) is 12.5 Å². The molecule has 0 spiro atoms. The Morgan fingerprint density at radius 1 is 1.23 bits per heavy atom. The molecule has 1 aliphatic rings. The number of carbonyl (C=O) groups excluding carboxylic acids is 1. The van der Waals surface area contributed by atoms with Crippen LogP contribution >= 0.6 is 24.0 Å². The Labute approximate surface area is 198 Å². The van der Waals surface area contributed by atoms with Crippen LogP contribution in [-0.4, -0.2) is 68.2 Å². The summed E-state index contributed by atoms with van der Waals surface area (Å²) in [5.74, 6) is 0.570. The predicted octanol–water partition coefficient (Wildman–Crippen LogP) is 2.46. The van der Waals surface area contributed by atoms with Gasteiger partial charge in [0.05, 0.1) is 19.3 Å². The van der Waals surface area contributed by atoms with E-state index in [1.54, 1.807) is 0 Å². The first kappa shape index (κ1) is 26.6. The number of nitrogens with zero attached hydrogens (tertiary/aromatic N) is 2. The number of benzene rings is 1. The fourth-order valence-electron chi connectivity index (χ4n) is 3.37. The number of amides is 1. The molecule has 1 aromatic carbocycles. The lowest BCUT2D eigenvalue weighted by atomic mass is 10.0. The standard InChI is InChI=1S/C22H37N5O2.HI/c1-6-23-21(25-16-20(28)26-22(3,4)5)24-15-19(27-10-12-29-13-11-27)18-9-7-8-17(2)14-18;/h7-9,14,19H,6,10-13,15-16H2,1-5H3,(H,26,28)(H2,23,24,25);1H. The van der Waals surface area contributed by atoms with E-state index in [4.69, 9.17) is 4.74 Å².